The number of hydrogen-bond donors (Lipinski definition) is 0. The molecule has 0 N–H and O–H groups in total. The Morgan fingerprint density at radius 3 is 2.41 bits per heavy atom. The van der Waals surface area contributed by atoms with Crippen LogP contribution >= 0.6 is 18.5 Å². The zero-order valence-electron chi connectivity index (χ0n) is 22.8. The van der Waals surface area contributed by atoms with Crippen LogP contribution in [0, 0.1) is 11.7 Å². The number of ketones is 1. The lowest BCUT2D eigenvalue weighted by Crippen LogP contribution is -2.53. The van der Waals surface area contributed by atoms with E-state index in [9.17, 15) is 23.2 Å². The second-order valence-electron chi connectivity index (χ2n) is 10.1. The highest BCUT2D eigenvalue weighted by Gasteiger charge is 2.48. The number of carbonyl (C=O) groups is 3. The number of methoxy groups -OCH3 is 2. The van der Waals surface area contributed by atoms with Crippen molar-refractivity contribution in [3.05, 3.63) is 53.3 Å². The lowest BCUT2D eigenvalue weighted by atomic mass is 9.84. The summed E-state index contributed by atoms with van der Waals surface area (Å²) in [6, 6.07) is 7.30. The Morgan fingerprint density at radius 2 is 1.80 bits per heavy atom. The Bertz CT molecular complexity index is 1270. The third-order valence-electron chi connectivity index (χ3n) is 7.50. The number of Topliss-reactive ketones (excluding diaryl/α,β-unsaturated/α-hetero) is 1. The molecule has 2 aliphatic heterocycles. The summed E-state index contributed by atoms with van der Waals surface area (Å²) in [5.41, 5.74) is 0.450. The van der Waals surface area contributed by atoms with Crippen LogP contribution in [0.15, 0.2) is 36.4 Å². The van der Waals surface area contributed by atoms with E-state index in [1.165, 1.54) is 51.6 Å². The molecular weight excluding hydrogens is 579 g/mol. The molecule has 2 aromatic carbocycles. The molecule has 222 valence electrons. The van der Waals surface area contributed by atoms with Gasteiger partial charge in [0.1, 0.15) is 23.4 Å². The van der Waals surface area contributed by atoms with E-state index in [1.807, 2.05) is 0 Å². The van der Waals surface area contributed by atoms with E-state index in [4.69, 9.17) is 9.47 Å². The molecule has 2 amide bonds. The first-order valence-corrected chi connectivity index (χ1v) is 14.3. The first-order chi connectivity index (χ1) is 19.4. The summed E-state index contributed by atoms with van der Waals surface area (Å²) in [5.74, 6) is -6.56. The van der Waals surface area contributed by atoms with E-state index >= 15 is 4.39 Å². The maximum absolute atomic E-state index is 15.5. The van der Waals surface area contributed by atoms with Gasteiger partial charge in [0.25, 0.3) is 0 Å². The van der Waals surface area contributed by atoms with Gasteiger partial charge in [-0.15, -0.1) is 9.24 Å². The van der Waals surface area contributed by atoms with Crippen LogP contribution in [0.2, 0.25) is 0 Å². The number of nitrogens with zero attached hydrogens (tertiary/aromatic N) is 2. The van der Waals surface area contributed by atoms with Crippen LogP contribution in [0.1, 0.15) is 41.1 Å². The number of amides is 2. The van der Waals surface area contributed by atoms with Crippen molar-refractivity contribution in [1.82, 2.24) is 9.80 Å². The number of rotatable bonds is 11. The summed E-state index contributed by atoms with van der Waals surface area (Å²) < 4.78 is 56.6. The first-order valence-electron chi connectivity index (χ1n) is 13.1. The molecule has 2 fully saturated rings. The maximum Gasteiger partial charge on any atom is 0.408 e. The number of ether oxygens (including phenoxy) is 3. The quantitative estimate of drug-likeness (QED) is 0.285. The van der Waals surface area contributed by atoms with Crippen LogP contribution in [0.5, 0.6) is 11.5 Å². The lowest BCUT2D eigenvalue weighted by molar-refractivity contribution is -0.147. The lowest BCUT2D eigenvalue weighted by Gasteiger charge is -2.37. The molecule has 2 aliphatic rings. The summed E-state index contributed by atoms with van der Waals surface area (Å²) in [5, 5.41) is 0.482. The molecule has 2 aromatic rings. The minimum Gasteiger partial charge on any atom is -0.497 e. The molecule has 0 radical (unpaired) electrons. The zero-order chi connectivity index (χ0) is 29.9. The number of hydrogen-bond acceptors (Lipinski definition) is 6. The summed E-state index contributed by atoms with van der Waals surface area (Å²) in [6.45, 7) is 1.37. The monoisotopic (exact) mass is 612 g/mol. The fraction of sp³-hybridized carbons (Fsp3) is 0.464. The van der Waals surface area contributed by atoms with Crippen LogP contribution in [-0.4, -0.2) is 79.7 Å². The van der Waals surface area contributed by atoms with E-state index < -0.39 is 41.2 Å². The number of halogens is 3. The molecule has 0 aromatic heterocycles. The Kier molecular flexibility index (Phi) is 9.93. The van der Waals surface area contributed by atoms with Gasteiger partial charge in [0.05, 0.1) is 19.6 Å². The highest BCUT2D eigenvalue weighted by atomic mass is 31.0. The van der Waals surface area contributed by atoms with Gasteiger partial charge in [-0.1, -0.05) is 0 Å². The van der Waals surface area contributed by atoms with Crippen molar-refractivity contribution in [1.29, 1.82) is 0 Å². The van der Waals surface area contributed by atoms with Gasteiger partial charge in [0.15, 0.2) is 5.78 Å². The minimum absolute atomic E-state index is 0.0615. The minimum atomic E-state index is -3.47. The van der Waals surface area contributed by atoms with Gasteiger partial charge in [0.2, 0.25) is 11.8 Å². The van der Waals surface area contributed by atoms with E-state index in [1.54, 1.807) is 18.1 Å². The van der Waals surface area contributed by atoms with Gasteiger partial charge in [-0.2, -0.15) is 8.78 Å². The van der Waals surface area contributed by atoms with Crippen LogP contribution in [-0.2, 0) is 14.3 Å². The Morgan fingerprint density at radius 1 is 1.10 bits per heavy atom. The summed E-state index contributed by atoms with van der Waals surface area (Å²) in [6.07, 6.45) is 0.889. The second-order valence-corrected chi connectivity index (χ2v) is 11.4. The highest BCUT2D eigenvalue weighted by Crippen LogP contribution is 2.40. The van der Waals surface area contributed by atoms with Gasteiger partial charge in [-0.3, -0.25) is 14.4 Å². The molecule has 2 saturated heterocycles. The molecule has 4 rings (SSSR count). The number of carbonyl (C=O) groups excluding carboxylic acids is 3. The molecule has 0 saturated carbocycles. The van der Waals surface area contributed by atoms with Gasteiger partial charge in [-0.05, 0) is 57.7 Å². The molecule has 41 heavy (non-hydrogen) atoms. The van der Waals surface area contributed by atoms with E-state index in [0.29, 0.717) is 43.6 Å². The van der Waals surface area contributed by atoms with Crippen molar-refractivity contribution in [3.8, 4) is 11.5 Å². The number of likely N-dealkylation sites (tertiary alicyclic amines) is 2. The van der Waals surface area contributed by atoms with Crippen LogP contribution in [0.25, 0.3) is 0 Å². The number of benzene rings is 2. The standard InChI is InChI=1S/C28H33F3N2O6P2/c1-37-11-10-32-9-3-4-22(27(32)36)33-15-20(25-21(29)12-18(38-2)13-24(25)40)19(26(33)35)14-23(34)16-5-7-17(8-6-16)39-28(30,31)41/h5-8,12-13,19-20,22H,3-4,9-11,14-15,40-41H2,1-2H3/t19-,20+,22?/m0/s1. The van der Waals surface area contributed by atoms with Crippen molar-refractivity contribution in [2.24, 2.45) is 5.92 Å². The fourth-order valence-electron chi connectivity index (χ4n) is 5.56. The smallest absolute Gasteiger partial charge is 0.408 e. The van der Waals surface area contributed by atoms with Gasteiger partial charge in [0, 0.05) is 56.3 Å². The SMILES string of the molecule is COCCN1CCCC(N2C[C@@H](c3c(F)cc(OC)cc3P)[C@H](CC(=O)c3ccc(OC(F)(F)P)cc3)C2=O)C1=O. The normalized spacial score (nSPS) is 21.4. The Labute approximate surface area is 241 Å². The topological polar surface area (TPSA) is 85.4 Å². The van der Waals surface area contributed by atoms with Crippen molar-refractivity contribution in [2.75, 3.05) is 40.5 Å². The predicted octanol–water partition coefficient (Wildman–Crippen LogP) is 3.59. The predicted molar refractivity (Wildman–Crippen MR) is 152 cm³/mol. The third-order valence-corrected chi connectivity index (χ3v) is 8.10. The Hall–Kier alpha value is -2.74. The maximum atomic E-state index is 15.5. The number of alkyl halides is 2. The molecule has 3 unspecified atom stereocenters. The van der Waals surface area contributed by atoms with E-state index in [-0.39, 0.29) is 35.7 Å². The molecule has 0 bridgehead atoms. The van der Waals surface area contributed by atoms with Gasteiger partial charge >= 0.3 is 5.85 Å². The molecule has 13 heteroatoms. The van der Waals surface area contributed by atoms with Gasteiger partial charge < -0.3 is 24.0 Å². The van der Waals surface area contributed by atoms with Crippen LogP contribution in [0.3, 0.4) is 0 Å². The molecule has 0 aliphatic carbocycles. The molecular formula is C28H33F3N2O6P2. The summed E-state index contributed by atoms with van der Waals surface area (Å²) >= 11 is 0. The Balaban J connectivity index is 1.64. The average molecular weight is 613 g/mol. The molecule has 8 nitrogen and oxygen atoms in total. The van der Waals surface area contributed by atoms with E-state index in [2.05, 4.69) is 14.0 Å². The zero-order valence-corrected chi connectivity index (χ0v) is 25.1. The fourth-order valence-corrected chi connectivity index (χ4v) is 6.21. The molecule has 2 heterocycles. The van der Waals surface area contributed by atoms with Crippen LogP contribution in [0.4, 0.5) is 13.2 Å². The van der Waals surface area contributed by atoms with Crippen LogP contribution < -0.4 is 14.8 Å². The first kappa shape index (κ1) is 31.2. The summed E-state index contributed by atoms with van der Waals surface area (Å²) in [4.78, 5) is 43.7. The third kappa shape index (κ3) is 7.19. The highest BCUT2D eigenvalue weighted by molar-refractivity contribution is 7.27. The van der Waals surface area contributed by atoms with Crippen molar-refractivity contribution in [3.63, 3.8) is 0 Å². The van der Waals surface area contributed by atoms with E-state index in [0.717, 1.165) is 0 Å². The summed E-state index contributed by atoms with van der Waals surface area (Å²) in [7, 11) is 6.70. The average Bonchev–Trinajstić information content (AvgIpc) is 3.22. The van der Waals surface area contributed by atoms with Gasteiger partial charge in [-0.25, -0.2) is 4.39 Å². The molecule has 0 spiro atoms. The number of piperidine rings is 1. The van der Waals surface area contributed by atoms with Crippen molar-refractivity contribution >= 4 is 41.4 Å². The van der Waals surface area contributed by atoms with Crippen molar-refractivity contribution in [2.45, 2.75) is 37.1 Å². The second kappa shape index (κ2) is 13.1. The van der Waals surface area contributed by atoms with Crippen molar-refractivity contribution < 1.29 is 41.8 Å². The largest absolute Gasteiger partial charge is 0.497 e. The molecule has 5 atom stereocenters.